The van der Waals surface area contributed by atoms with Gasteiger partial charge in [0.15, 0.2) is 0 Å². The zero-order valence-corrected chi connectivity index (χ0v) is 11.8. The number of hydrogen-bond donors (Lipinski definition) is 1. The van der Waals surface area contributed by atoms with E-state index in [1.165, 1.54) is 0 Å². The summed E-state index contributed by atoms with van der Waals surface area (Å²) < 4.78 is 0. The second-order valence-electron chi connectivity index (χ2n) is 5.29. The maximum absolute atomic E-state index is 11.0. The quantitative estimate of drug-likeness (QED) is 0.898. The molecule has 1 aromatic rings. The van der Waals surface area contributed by atoms with Crippen LogP contribution >= 0.6 is 0 Å². The van der Waals surface area contributed by atoms with E-state index >= 15 is 0 Å². The number of piperidine rings is 1. The maximum Gasteiger partial charge on any atom is 0.337 e. The normalized spacial score (nSPS) is 16.9. The summed E-state index contributed by atoms with van der Waals surface area (Å²) in [5, 5.41) is 9.00. The summed E-state index contributed by atoms with van der Waals surface area (Å²) in [4.78, 5) is 19.9. The third kappa shape index (κ3) is 3.04. The summed E-state index contributed by atoms with van der Waals surface area (Å²) in [6.07, 6.45) is 2.24. The number of pyridine rings is 1. The molecule has 0 bridgehead atoms. The highest BCUT2D eigenvalue weighted by Crippen LogP contribution is 2.21. The number of anilines is 1. The van der Waals surface area contributed by atoms with E-state index in [2.05, 4.69) is 28.9 Å². The van der Waals surface area contributed by atoms with E-state index in [0.29, 0.717) is 11.7 Å². The minimum Gasteiger partial charge on any atom is -0.478 e. The number of aromatic nitrogens is 1. The molecule has 1 fully saturated rings. The van der Waals surface area contributed by atoms with E-state index in [-0.39, 0.29) is 5.56 Å². The van der Waals surface area contributed by atoms with Crippen LogP contribution in [0.1, 0.15) is 28.9 Å². The van der Waals surface area contributed by atoms with Gasteiger partial charge in [0.2, 0.25) is 0 Å². The first-order valence-electron chi connectivity index (χ1n) is 6.61. The number of aromatic carboxylic acids is 1. The van der Waals surface area contributed by atoms with Crippen LogP contribution in [0.25, 0.3) is 0 Å². The molecule has 0 radical (unpaired) electrons. The van der Waals surface area contributed by atoms with Gasteiger partial charge in [-0.05, 0) is 46.0 Å². The van der Waals surface area contributed by atoms with Crippen LogP contribution in [0.4, 0.5) is 5.82 Å². The Balaban J connectivity index is 2.08. The predicted octanol–water partition coefficient (Wildman–Crippen LogP) is 1.62. The number of nitrogens with zero attached hydrogens (tertiary/aromatic N) is 3. The van der Waals surface area contributed by atoms with E-state index in [4.69, 9.17) is 5.11 Å². The largest absolute Gasteiger partial charge is 0.478 e. The number of aryl methyl sites for hydroxylation is 1. The van der Waals surface area contributed by atoms with Crippen molar-refractivity contribution >= 4 is 11.8 Å². The maximum atomic E-state index is 11.0. The molecule has 1 aromatic heterocycles. The number of carboxylic acid groups (broad SMARTS) is 1. The minimum absolute atomic E-state index is 0.284. The van der Waals surface area contributed by atoms with Crippen LogP contribution < -0.4 is 4.90 Å². The zero-order chi connectivity index (χ0) is 14.0. The lowest BCUT2D eigenvalue weighted by molar-refractivity contribution is 0.0695. The van der Waals surface area contributed by atoms with Gasteiger partial charge in [-0.3, -0.25) is 0 Å². The van der Waals surface area contributed by atoms with E-state index in [0.717, 1.165) is 31.7 Å². The van der Waals surface area contributed by atoms with Gasteiger partial charge in [-0.25, -0.2) is 9.78 Å². The van der Waals surface area contributed by atoms with Crippen molar-refractivity contribution in [3.63, 3.8) is 0 Å². The molecular formula is C14H21N3O2. The first-order chi connectivity index (χ1) is 8.99. The third-order valence-electron chi connectivity index (χ3n) is 3.82. The van der Waals surface area contributed by atoms with Gasteiger partial charge in [-0.15, -0.1) is 0 Å². The Morgan fingerprint density at radius 1 is 1.37 bits per heavy atom. The van der Waals surface area contributed by atoms with Gasteiger partial charge in [0.05, 0.1) is 11.3 Å². The van der Waals surface area contributed by atoms with Gasteiger partial charge in [0.1, 0.15) is 5.82 Å². The molecule has 1 aliphatic heterocycles. The molecule has 0 unspecified atom stereocenters. The van der Waals surface area contributed by atoms with E-state index in [9.17, 15) is 4.79 Å². The molecule has 0 amide bonds. The van der Waals surface area contributed by atoms with E-state index in [1.54, 1.807) is 13.0 Å². The average molecular weight is 263 g/mol. The first kappa shape index (κ1) is 13.8. The Kier molecular flexibility index (Phi) is 4.04. The first-order valence-corrected chi connectivity index (χ1v) is 6.61. The highest BCUT2D eigenvalue weighted by molar-refractivity contribution is 5.89. The third-order valence-corrected chi connectivity index (χ3v) is 3.82. The van der Waals surface area contributed by atoms with Gasteiger partial charge in [-0.1, -0.05) is 0 Å². The van der Waals surface area contributed by atoms with Crippen LogP contribution in [0.15, 0.2) is 12.1 Å². The number of carboxylic acids is 1. The van der Waals surface area contributed by atoms with Crippen LogP contribution in [0.3, 0.4) is 0 Å². The Morgan fingerprint density at radius 3 is 2.47 bits per heavy atom. The van der Waals surface area contributed by atoms with Crippen LogP contribution in [0.5, 0.6) is 0 Å². The molecule has 1 N–H and O–H groups in total. The van der Waals surface area contributed by atoms with Crippen molar-refractivity contribution in [2.24, 2.45) is 0 Å². The summed E-state index contributed by atoms with van der Waals surface area (Å²) in [5.74, 6) is -0.0254. The molecule has 1 aliphatic rings. The average Bonchev–Trinajstić information content (AvgIpc) is 2.38. The molecule has 19 heavy (non-hydrogen) atoms. The highest BCUT2D eigenvalue weighted by atomic mass is 16.4. The van der Waals surface area contributed by atoms with Gasteiger partial charge in [-0.2, -0.15) is 0 Å². The molecule has 0 aromatic carbocycles. The van der Waals surface area contributed by atoms with Gasteiger partial charge in [0.25, 0.3) is 0 Å². The highest BCUT2D eigenvalue weighted by Gasteiger charge is 2.22. The lowest BCUT2D eigenvalue weighted by atomic mass is 10.0. The summed E-state index contributed by atoms with van der Waals surface area (Å²) in [7, 11) is 4.23. The molecule has 5 nitrogen and oxygen atoms in total. The molecule has 0 atom stereocenters. The van der Waals surface area contributed by atoms with Crippen molar-refractivity contribution < 1.29 is 9.90 Å². The van der Waals surface area contributed by atoms with Crippen molar-refractivity contribution in [2.45, 2.75) is 25.8 Å². The Labute approximate surface area is 113 Å². The number of carbonyl (C=O) groups is 1. The number of rotatable bonds is 3. The van der Waals surface area contributed by atoms with Crippen molar-refractivity contribution in [3.05, 3.63) is 23.4 Å². The summed E-state index contributed by atoms with van der Waals surface area (Å²) in [6, 6.07) is 4.10. The van der Waals surface area contributed by atoms with E-state index in [1.807, 2.05) is 6.07 Å². The van der Waals surface area contributed by atoms with Gasteiger partial charge in [0, 0.05) is 19.1 Å². The van der Waals surface area contributed by atoms with Crippen LogP contribution in [-0.2, 0) is 0 Å². The molecule has 104 valence electrons. The number of hydrogen-bond acceptors (Lipinski definition) is 4. The molecule has 0 saturated carbocycles. The lowest BCUT2D eigenvalue weighted by Gasteiger charge is -2.36. The molecule has 0 aliphatic carbocycles. The van der Waals surface area contributed by atoms with Crippen LogP contribution in [0, 0.1) is 6.92 Å². The second-order valence-corrected chi connectivity index (χ2v) is 5.29. The summed E-state index contributed by atoms with van der Waals surface area (Å²) in [6.45, 7) is 3.70. The smallest absolute Gasteiger partial charge is 0.337 e. The van der Waals surface area contributed by atoms with E-state index < -0.39 is 5.97 Å². The molecule has 5 heteroatoms. The van der Waals surface area contributed by atoms with Crippen LogP contribution in [0.2, 0.25) is 0 Å². The molecule has 0 spiro atoms. The van der Waals surface area contributed by atoms with Crippen molar-refractivity contribution in [1.29, 1.82) is 0 Å². The zero-order valence-electron chi connectivity index (χ0n) is 11.8. The summed E-state index contributed by atoms with van der Waals surface area (Å²) in [5.41, 5.74) is 0.867. The standard InChI is InChI=1S/C14H21N3O2/c1-10-12(14(18)19)4-5-13(15-10)17-8-6-11(7-9-17)16(2)3/h4-5,11H,6-9H2,1-3H3,(H,18,19). The molecular weight excluding hydrogens is 242 g/mol. The monoisotopic (exact) mass is 263 g/mol. The topological polar surface area (TPSA) is 56.7 Å². The van der Waals surface area contributed by atoms with Crippen molar-refractivity contribution in [1.82, 2.24) is 9.88 Å². The molecule has 1 saturated heterocycles. The van der Waals surface area contributed by atoms with Crippen molar-refractivity contribution in [3.8, 4) is 0 Å². The predicted molar refractivity (Wildman–Crippen MR) is 74.9 cm³/mol. The molecule has 2 heterocycles. The van der Waals surface area contributed by atoms with Crippen LogP contribution in [-0.4, -0.2) is 54.2 Å². The minimum atomic E-state index is -0.914. The van der Waals surface area contributed by atoms with Gasteiger partial charge >= 0.3 is 5.97 Å². The Morgan fingerprint density at radius 2 is 2.00 bits per heavy atom. The second kappa shape index (κ2) is 5.57. The lowest BCUT2D eigenvalue weighted by Crippen LogP contribution is -2.42. The SMILES string of the molecule is Cc1nc(N2CCC(N(C)C)CC2)ccc1C(=O)O. The molecule has 2 rings (SSSR count). The summed E-state index contributed by atoms with van der Waals surface area (Å²) >= 11 is 0. The fourth-order valence-electron chi connectivity index (χ4n) is 2.56. The Hall–Kier alpha value is -1.62. The Bertz CT molecular complexity index is 466. The fourth-order valence-corrected chi connectivity index (χ4v) is 2.56. The fraction of sp³-hybridized carbons (Fsp3) is 0.571. The van der Waals surface area contributed by atoms with Crippen molar-refractivity contribution in [2.75, 3.05) is 32.1 Å². The van der Waals surface area contributed by atoms with Gasteiger partial charge < -0.3 is 14.9 Å².